The van der Waals surface area contributed by atoms with E-state index in [4.69, 9.17) is 5.41 Å². The molecule has 228 valence electrons. The van der Waals surface area contributed by atoms with E-state index >= 15 is 0 Å². The summed E-state index contributed by atoms with van der Waals surface area (Å²) >= 11 is 0. The number of hydrogen-bond donors (Lipinski definition) is 2. The molecule has 2 aliphatic rings. The highest BCUT2D eigenvalue weighted by Crippen LogP contribution is 2.36. The van der Waals surface area contributed by atoms with E-state index in [9.17, 15) is 19.2 Å². The van der Waals surface area contributed by atoms with E-state index in [2.05, 4.69) is 16.8 Å². The fourth-order valence-electron chi connectivity index (χ4n) is 6.24. The van der Waals surface area contributed by atoms with Crippen molar-refractivity contribution in [1.29, 1.82) is 5.41 Å². The molecule has 0 aromatic heterocycles. The zero-order chi connectivity index (χ0) is 31.7. The number of nitrogens with one attached hydrogen (secondary N) is 2. The number of hydrogen-bond acceptors (Lipinski definition) is 7. The Kier molecular flexibility index (Phi) is 8.25. The minimum absolute atomic E-state index is 0.256. The topological polar surface area (TPSA) is 117 Å². The summed E-state index contributed by atoms with van der Waals surface area (Å²) < 4.78 is 0. The molecule has 4 aromatic rings. The van der Waals surface area contributed by atoms with Gasteiger partial charge in [-0.2, -0.15) is 0 Å². The second-order valence-electron chi connectivity index (χ2n) is 11.2. The van der Waals surface area contributed by atoms with Gasteiger partial charge in [-0.25, -0.2) is 0 Å². The summed E-state index contributed by atoms with van der Waals surface area (Å²) in [4.78, 5) is 59.2. The number of carbonyl (C=O) groups excluding carboxylic acids is 4. The van der Waals surface area contributed by atoms with Crippen molar-refractivity contribution in [2.45, 2.75) is 6.42 Å². The van der Waals surface area contributed by atoms with Gasteiger partial charge in [0.25, 0.3) is 23.6 Å². The van der Waals surface area contributed by atoms with Crippen LogP contribution in [0.15, 0.2) is 79.5 Å². The van der Waals surface area contributed by atoms with Crippen LogP contribution in [0.3, 0.4) is 0 Å². The first-order valence-electron chi connectivity index (χ1n) is 15.0. The molecule has 0 radical (unpaired) electrons. The Labute approximate surface area is 261 Å². The third-order valence-electron chi connectivity index (χ3n) is 8.55. The van der Waals surface area contributed by atoms with Crippen molar-refractivity contribution in [3.63, 3.8) is 0 Å². The van der Waals surface area contributed by atoms with E-state index in [1.165, 1.54) is 16.0 Å². The maximum Gasteiger partial charge on any atom is 0.261 e. The van der Waals surface area contributed by atoms with Gasteiger partial charge in [0, 0.05) is 70.8 Å². The number of nitrogens with zero attached hydrogens (tertiary/aromatic N) is 4. The smallest absolute Gasteiger partial charge is 0.261 e. The zero-order valence-corrected chi connectivity index (χ0v) is 25.1. The molecule has 2 aliphatic heterocycles. The molecule has 0 unspecified atom stereocenters. The molecular formula is C35H34N6O4. The highest BCUT2D eigenvalue weighted by Gasteiger charge is 2.34. The number of likely N-dealkylation sites (N-methyl/N-ethyl adjacent to an activating group) is 1. The lowest BCUT2D eigenvalue weighted by Crippen LogP contribution is -2.44. The number of imide groups is 2. The summed E-state index contributed by atoms with van der Waals surface area (Å²) in [5, 5.41) is 13.9. The van der Waals surface area contributed by atoms with E-state index in [0.29, 0.717) is 53.0 Å². The van der Waals surface area contributed by atoms with Gasteiger partial charge in [-0.15, -0.1) is 0 Å². The van der Waals surface area contributed by atoms with Crippen molar-refractivity contribution in [3.8, 4) is 0 Å². The minimum atomic E-state index is -0.328. The summed E-state index contributed by atoms with van der Waals surface area (Å²) in [7, 11) is 1.95. The summed E-state index contributed by atoms with van der Waals surface area (Å²) in [6.45, 7) is 6.69. The van der Waals surface area contributed by atoms with Gasteiger partial charge in [-0.3, -0.25) is 34.4 Å². The second kappa shape index (κ2) is 12.4. The van der Waals surface area contributed by atoms with Gasteiger partial charge >= 0.3 is 0 Å². The third kappa shape index (κ3) is 5.28. The predicted molar refractivity (Wildman–Crippen MR) is 175 cm³/mol. The lowest BCUT2D eigenvalue weighted by Gasteiger charge is -2.30. The largest absolute Gasteiger partial charge is 0.315 e. The Morgan fingerprint density at radius 3 is 1.93 bits per heavy atom. The second-order valence-corrected chi connectivity index (χ2v) is 11.2. The van der Waals surface area contributed by atoms with Gasteiger partial charge in [0.05, 0.1) is 12.0 Å². The average Bonchev–Trinajstić information content (AvgIpc) is 3.06. The van der Waals surface area contributed by atoms with Gasteiger partial charge in [0.15, 0.2) is 0 Å². The van der Waals surface area contributed by atoms with Crippen molar-refractivity contribution in [1.82, 2.24) is 20.0 Å². The molecule has 2 N–H and O–H groups in total. The highest BCUT2D eigenvalue weighted by atomic mass is 16.2. The Morgan fingerprint density at radius 1 is 0.733 bits per heavy atom. The Bertz CT molecular complexity index is 1800. The molecule has 0 atom stereocenters. The van der Waals surface area contributed by atoms with Crippen molar-refractivity contribution < 1.29 is 19.2 Å². The summed E-state index contributed by atoms with van der Waals surface area (Å²) in [5.41, 5.74) is 2.73. The summed E-state index contributed by atoms with van der Waals surface area (Å²) in [6, 6.07) is 19.9. The lowest BCUT2D eigenvalue weighted by atomic mass is 9.92. The molecule has 0 saturated carbocycles. The fourth-order valence-corrected chi connectivity index (χ4v) is 6.24. The van der Waals surface area contributed by atoms with Crippen LogP contribution in [-0.2, 0) is 0 Å². The van der Waals surface area contributed by atoms with Crippen LogP contribution in [0.2, 0.25) is 0 Å². The average molecular weight is 603 g/mol. The monoisotopic (exact) mass is 602 g/mol. The molecule has 0 bridgehead atoms. The number of rotatable bonds is 13. The van der Waals surface area contributed by atoms with Crippen LogP contribution in [0.25, 0.3) is 21.5 Å². The fraction of sp³-hybridized carbons (Fsp3) is 0.229. The molecule has 0 saturated heterocycles. The van der Waals surface area contributed by atoms with Crippen molar-refractivity contribution >= 4 is 57.2 Å². The normalized spacial score (nSPS) is 14.2. The number of amides is 4. The number of carbonyl (C=O) groups is 4. The molecule has 45 heavy (non-hydrogen) atoms. The van der Waals surface area contributed by atoms with E-state index < -0.39 is 0 Å². The Hall–Kier alpha value is -5.19. The molecular weight excluding hydrogens is 568 g/mol. The van der Waals surface area contributed by atoms with Gasteiger partial charge in [0.1, 0.15) is 0 Å². The maximum absolute atomic E-state index is 13.4. The van der Waals surface area contributed by atoms with Crippen LogP contribution in [-0.4, -0.2) is 91.0 Å². The molecule has 4 amide bonds. The number of benzene rings is 4. The van der Waals surface area contributed by atoms with E-state index in [0.717, 1.165) is 35.5 Å². The molecule has 2 heterocycles. The standard InChI is InChI=1S/C35H34N6O4/c1-3-39(22-36)29-15-14-28-31-24(29)10-6-13-27(31)34(44)41(35(28)45)21-20-38(2)18-7-16-37-17-19-40-32(42)25-11-4-8-23-9-5-12-26(30(23)25)33(40)43/h3-6,8-15,22,36-37H,1,7,16-21H2,2H3. The molecule has 10 nitrogen and oxygen atoms in total. The van der Waals surface area contributed by atoms with Gasteiger partial charge in [0.2, 0.25) is 0 Å². The van der Waals surface area contributed by atoms with E-state index in [1.54, 1.807) is 41.3 Å². The van der Waals surface area contributed by atoms with Crippen LogP contribution < -0.4 is 10.2 Å². The Morgan fingerprint density at radius 2 is 1.31 bits per heavy atom. The quantitative estimate of drug-likeness (QED) is 0.101. The number of anilines is 1. The predicted octanol–water partition coefficient (Wildman–Crippen LogP) is 4.35. The van der Waals surface area contributed by atoms with Gasteiger partial charge in [-0.1, -0.05) is 43.0 Å². The molecule has 0 aliphatic carbocycles. The van der Waals surface area contributed by atoms with E-state index in [-0.39, 0.29) is 36.7 Å². The maximum atomic E-state index is 13.4. The van der Waals surface area contributed by atoms with Crippen LogP contribution >= 0.6 is 0 Å². The molecule has 0 fully saturated rings. The minimum Gasteiger partial charge on any atom is -0.315 e. The summed E-state index contributed by atoms with van der Waals surface area (Å²) in [6.07, 6.45) is 3.45. The molecule has 0 spiro atoms. The van der Waals surface area contributed by atoms with Gasteiger partial charge < -0.3 is 15.1 Å². The first-order valence-corrected chi connectivity index (χ1v) is 15.0. The lowest BCUT2D eigenvalue weighted by molar-refractivity contribution is 0.0589. The van der Waals surface area contributed by atoms with Gasteiger partial charge in [-0.05, 0) is 62.3 Å². The van der Waals surface area contributed by atoms with Crippen LogP contribution in [0.1, 0.15) is 47.9 Å². The summed E-state index contributed by atoms with van der Waals surface area (Å²) in [5.74, 6) is -1.19. The van der Waals surface area contributed by atoms with Crippen molar-refractivity contribution in [2.24, 2.45) is 0 Å². The van der Waals surface area contributed by atoms with Crippen LogP contribution in [0.5, 0.6) is 0 Å². The highest BCUT2D eigenvalue weighted by molar-refractivity contribution is 6.27. The van der Waals surface area contributed by atoms with Crippen molar-refractivity contribution in [3.05, 3.63) is 102 Å². The third-order valence-corrected chi connectivity index (χ3v) is 8.55. The zero-order valence-electron chi connectivity index (χ0n) is 25.1. The first-order chi connectivity index (χ1) is 21.8. The molecule has 6 rings (SSSR count). The van der Waals surface area contributed by atoms with Crippen LogP contribution in [0.4, 0.5) is 5.69 Å². The van der Waals surface area contributed by atoms with Crippen LogP contribution in [0, 0.1) is 5.41 Å². The molecule has 10 heteroatoms. The van der Waals surface area contributed by atoms with Crippen molar-refractivity contribution in [2.75, 3.05) is 51.2 Å². The first kappa shape index (κ1) is 29.9. The molecule has 4 aromatic carbocycles. The van der Waals surface area contributed by atoms with E-state index in [1.807, 2.05) is 37.4 Å². The SMILES string of the molecule is C=CN(C=N)c1ccc2c3c(cccc13)C(=O)N(CCN(C)CCCNCCN1C(=O)c3cccc4cccc(c34)C1=O)C2=O. The Balaban J connectivity index is 0.990.